The first-order valence-electron chi connectivity index (χ1n) is 4.67. The number of hydrogen-bond acceptors (Lipinski definition) is 3. The zero-order valence-corrected chi connectivity index (χ0v) is 10.2. The SMILES string of the molecule is CCC(Sc1ccc(Cl)cc1C#N)C(=O)O. The number of aliphatic carboxylic acids is 1. The van der Waals surface area contributed by atoms with Gasteiger partial charge in [-0.2, -0.15) is 5.26 Å². The molecule has 0 spiro atoms. The van der Waals surface area contributed by atoms with E-state index in [1.807, 2.05) is 6.07 Å². The normalized spacial score (nSPS) is 11.8. The predicted molar refractivity (Wildman–Crippen MR) is 63.7 cm³/mol. The van der Waals surface area contributed by atoms with Gasteiger partial charge in [-0.15, -0.1) is 11.8 Å². The highest BCUT2D eigenvalue weighted by molar-refractivity contribution is 8.00. The van der Waals surface area contributed by atoms with Crippen LogP contribution in [-0.2, 0) is 4.79 Å². The topological polar surface area (TPSA) is 61.1 Å². The molecule has 1 aromatic carbocycles. The summed E-state index contributed by atoms with van der Waals surface area (Å²) < 4.78 is 0. The number of nitriles is 1. The molecule has 84 valence electrons. The third-order valence-electron chi connectivity index (χ3n) is 1.98. The molecule has 1 aromatic rings. The number of benzene rings is 1. The first kappa shape index (κ1) is 12.9. The average molecular weight is 256 g/mol. The molecule has 0 aliphatic carbocycles. The van der Waals surface area contributed by atoms with Crippen molar-refractivity contribution in [3.8, 4) is 6.07 Å². The van der Waals surface area contributed by atoms with Crippen molar-refractivity contribution in [2.75, 3.05) is 0 Å². The highest BCUT2D eigenvalue weighted by Crippen LogP contribution is 2.30. The smallest absolute Gasteiger partial charge is 0.316 e. The van der Waals surface area contributed by atoms with Gasteiger partial charge >= 0.3 is 5.97 Å². The Bertz CT molecular complexity index is 442. The highest BCUT2D eigenvalue weighted by atomic mass is 35.5. The Kier molecular flexibility index (Phi) is 4.66. The summed E-state index contributed by atoms with van der Waals surface area (Å²) in [6, 6.07) is 6.88. The summed E-state index contributed by atoms with van der Waals surface area (Å²) in [5.41, 5.74) is 0.414. The Morgan fingerprint density at radius 1 is 1.69 bits per heavy atom. The minimum atomic E-state index is -0.869. The monoisotopic (exact) mass is 255 g/mol. The van der Waals surface area contributed by atoms with E-state index in [9.17, 15) is 4.79 Å². The fourth-order valence-electron chi connectivity index (χ4n) is 1.15. The number of rotatable bonds is 4. The lowest BCUT2D eigenvalue weighted by Crippen LogP contribution is -2.14. The van der Waals surface area contributed by atoms with Gasteiger partial charge in [0.15, 0.2) is 0 Å². The van der Waals surface area contributed by atoms with Crippen LogP contribution in [0.1, 0.15) is 18.9 Å². The van der Waals surface area contributed by atoms with Crippen LogP contribution in [0.4, 0.5) is 0 Å². The van der Waals surface area contributed by atoms with Gasteiger partial charge < -0.3 is 5.11 Å². The number of carboxylic acid groups (broad SMARTS) is 1. The second-order valence-electron chi connectivity index (χ2n) is 3.11. The minimum absolute atomic E-state index is 0.414. The second kappa shape index (κ2) is 5.78. The van der Waals surface area contributed by atoms with Gasteiger partial charge in [0.2, 0.25) is 0 Å². The number of carboxylic acids is 1. The number of nitrogens with zero attached hydrogens (tertiary/aromatic N) is 1. The molecule has 0 saturated carbocycles. The molecule has 0 bridgehead atoms. The van der Waals surface area contributed by atoms with E-state index in [2.05, 4.69) is 0 Å². The molecule has 0 aliphatic heterocycles. The van der Waals surface area contributed by atoms with E-state index >= 15 is 0 Å². The Balaban J connectivity index is 2.97. The van der Waals surface area contributed by atoms with Crippen molar-refractivity contribution in [1.82, 2.24) is 0 Å². The number of carbonyl (C=O) groups is 1. The summed E-state index contributed by atoms with van der Waals surface area (Å²) in [5.74, 6) is -0.869. The molecule has 0 aromatic heterocycles. The van der Waals surface area contributed by atoms with E-state index in [1.165, 1.54) is 11.8 Å². The first-order chi connectivity index (χ1) is 7.58. The summed E-state index contributed by atoms with van der Waals surface area (Å²) in [5, 5.41) is 17.8. The molecule has 0 fully saturated rings. The van der Waals surface area contributed by atoms with Gasteiger partial charge in [0, 0.05) is 9.92 Å². The summed E-state index contributed by atoms with van der Waals surface area (Å²) in [6.07, 6.45) is 0.507. The fourth-order valence-corrected chi connectivity index (χ4v) is 2.28. The molecule has 1 N–H and O–H groups in total. The lowest BCUT2D eigenvalue weighted by molar-refractivity contribution is -0.136. The van der Waals surface area contributed by atoms with Crippen LogP contribution in [-0.4, -0.2) is 16.3 Å². The molecule has 0 amide bonds. The van der Waals surface area contributed by atoms with Crippen molar-refractivity contribution < 1.29 is 9.90 Å². The Morgan fingerprint density at radius 3 is 2.88 bits per heavy atom. The van der Waals surface area contributed by atoms with Crippen LogP contribution < -0.4 is 0 Å². The third kappa shape index (κ3) is 3.16. The van der Waals surface area contributed by atoms with Crippen LogP contribution in [0.5, 0.6) is 0 Å². The van der Waals surface area contributed by atoms with Crippen LogP contribution in [0.3, 0.4) is 0 Å². The fraction of sp³-hybridized carbons (Fsp3) is 0.273. The Hall–Kier alpha value is -1.18. The van der Waals surface area contributed by atoms with Crippen LogP contribution in [0.25, 0.3) is 0 Å². The highest BCUT2D eigenvalue weighted by Gasteiger charge is 2.18. The number of halogens is 1. The van der Waals surface area contributed by atoms with Gasteiger partial charge in [0.1, 0.15) is 11.3 Å². The molecule has 0 saturated heterocycles. The molecule has 3 nitrogen and oxygen atoms in total. The zero-order chi connectivity index (χ0) is 12.1. The van der Waals surface area contributed by atoms with Gasteiger partial charge in [-0.3, -0.25) is 4.79 Å². The van der Waals surface area contributed by atoms with E-state index < -0.39 is 11.2 Å². The molecule has 16 heavy (non-hydrogen) atoms. The summed E-state index contributed by atoms with van der Waals surface area (Å²) in [4.78, 5) is 11.5. The van der Waals surface area contributed by atoms with E-state index in [1.54, 1.807) is 25.1 Å². The average Bonchev–Trinajstić information content (AvgIpc) is 2.26. The standard InChI is InChI=1S/C11H10ClNO2S/c1-2-9(11(14)15)16-10-4-3-8(12)5-7(10)6-13/h3-5,9H,2H2,1H3,(H,14,15). The summed E-state index contributed by atoms with van der Waals surface area (Å²) in [6.45, 7) is 1.80. The largest absolute Gasteiger partial charge is 0.480 e. The molecule has 0 radical (unpaired) electrons. The lowest BCUT2D eigenvalue weighted by Gasteiger charge is -2.10. The van der Waals surface area contributed by atoms with Gasteiger partial charge in [-0.25, -0.2) is 0 Å². The van der Waals surface area contributed by atoms with Crippen LogP contribution >= 0.6 is 23.4 Å². The maximum absolute atomic E-state index is 10.9. The van der Waals surface area contributed by atoms with Crippen molar-refractivity contribution in [2.24, 2.45) is 0 Å². The van der Waals surface area contributed by atoms with Crippen molar-refractivity contribution in [3.63, 3.8) is 0 Å². The van der Waals surface area contributed by atoms with E-state index in [4.69, 9.17) is 22.0 Å². The molecular weight excluding hydrogens is 246 g/mol. The summed E-state index contributed by atoms with van der Waals surface area (Å²) >= 11 is 6.93. The van der Waals surface area contributed by atoms with Crippen LogP contribution in [0, 0.1) is 11.3 Å². The number of hydrogen-bond donors (Lipinski definition) is 1. The van der Waals surface area contributed by atoms with Crippen molar-refractivity contribution in [3.05, 3.63) is 28.8 Å². The maximum Gasteiger partial charge on any atom is 0.316 e. The third-order valence-corrected chi connectivity index (χ3v) is 3.64. The van der Waals surface area contributed by atoms with Crippen LogP contribution in [0.15, 0.2) is 23.1 Å². The van der Waals surface area contributed by atoms with Gasteiger partial charge in [0.25, 0.3) is 0 Å². The van der Waals surface area contributed by atoms with Crippen molar-refractivity contribution >= 4 is 29.3 Å². The molecule has 0 aliphatic rings. The van der Waals surface area contributed by atoms with E-state index in [-0.39, 0.29) is 0 Å². The summed E-state index contributed by atoms with van der Waals surface area (Å²) in [7, 11) is 0. The Morgan fingerprint density at radius 2 is 2.38 bits per heavy atom. The molecule has 1 rings (SSSR count). The van der Waals surface area contributed by atoms with Gasteiger partial charge in [-0.1, -0.05) is 18.5 Å². The van der Waals surface area contributed by atoms with Gasteiger partial charge in [-0.05, 0) is 24.6 Å². The zero-order valence-electron chi connectivity index (χ0n) is 8.61. The molecule has 5 heteroatoms. The molecule has 1 unspecified atom stereocenters. The molecular formula is C11H10ClNO2S. The molecule has 0 heterocycles. The number of thioether (sulfide) groups is 1. The maximum atomic E-state index is 10.9. The van der Waals surface area contributed by atoms with E-state index in [0.717, 1.165) is 0 Å². The quantitative estimate of drug-likeness (QED) is 0.840. The Labute approximate surface area is 103 Å². The predicted octanol–water partition coefficient (Wildman–Crippen LogP) is 3.17. The lowest BCUT2D eigenvalue weighted by atomic mass is 10.2. The van der Waals surface area contributed by atoms with Crippen molar-refractivity contribution in [1.29, 1.82) is 5.26 Å². The van der Waals surface area contributed by atoms with Crippen LogP contribution in [0.2, 0.25) is 5.02 Å². The second-order valence-corrected chi connectivity index (χ2v) is 4.79. The first-order valence-corrected chi connectivity index (χ1v) is 5.93. The minimum Gasteiger partial charge on any atom is -0.480 e. The van der Waals surface area contributed by atoms with Crippen molar-refractivity contribution in [2.45, 2.75) is 23.5 Å². The van der Waals surface area contributed by atoms with Gasteiger partial charge in [0.05, 0.1) is 5.56 Å². The molecule has 1 atom stereocenters. The van der Waals surface area contributed by atoms with E-state index in [0.29, 0.717) is 21.9 Å².